The van der Waals surface area contributed by atoms with Crippen LogP contribution in [0.15, 0.2) is 30.6 Å². The quantitative estimate of drug-likeness (QED) is 0.810. The molecule has 1 saturated carbocycles. The minimum atomic E-state index is -4.49. The molecule has 138 valence electrons. The first kappa shape index (κ1) is 18.4. The highest BCUT2D eigenvalue weighted by atomic mass is 35.5. The molecular formula is C17H16ClF3N4O. The number of hydrogen-bond donors (Lipinski definition) is 2. The molecule has 0 saturated heterocycles. The fourth-order valence-electron chi connectivity index (χ4n) is 2.81. The second-order valence-electron chi connectivity index (χ2n) is 6.06. The number of alkyl halides is 3. The average Bonchev–Trinajstić information content (AvgIpc) is 3.09. The molecular weight excluding hydrogens is 369 g/mol. The van der Waals surface area contributed by atoms with Gasteiger partial charge < -0.3 is 10.6 Å². The van der Waals surface area contributed by atoms with Crippen molar-refractivity contribution in [2.75, 3.05) is 5.32 Å². The lowest BCUT2D eigenvalue weighted by molar-refractivity contribution is -0.137. The maximum atomic E-state index is 12.9. The lowest BCUT2D eigenvalue weighted by atomic mass is 10.2. The van der Waals surface area contributed by atoms with Crippen LogP contribution in [0.1, 0.15) is 41.7 Å². The largest absolute Gasteiger partial charge is 0.416 e. The Labute approximate surface area is 153 Å². The second-order valence-corrected chi connectivity index (χ2v) is 6.47. The summed E-state index contributed by atoms with van der Waals surface area (Å²) in [5, 5.41) is 5.71. The monoisotopic (exact) mass is 384 g/mol. The first-order valence-corrected chi connectivity index (χ1v) is 8.47. The number of benzene rings is 1. The van der Waals surface area contributed by atoms with Gasteiger partial charge in [-0.15, -0.1) is 0 Å². The lowest BCUT2D eigenvalue weighted by Crippen LogP contribution is -2.33. The predicted molar refractivity (Wildman–Crippen MR) is 91.5 cm³/mol. The molecule has 0 radical (unpaired) electrons. The summed E-state index contributed by atoms with van der Waals surface area (Å²) < 4.78 is 38.6. The highest BCUT2D eigenvalue weighted by molar-refractivity contribution is 6.33. The van der Waals surface area contributed by atoms with Gasteiger partial charge in [-0.1, -0.05) is 24.4 Å². The molecule has 1 aliphatic rings. The molecule has 5 nitrogen and oxygen atoms in total. The summed E-state index contributed by atoms with van der Waals surface area (Å²) in [4.78, 5) is 20.1. The number of nitrogens with zero attached hydrogens (tertiary/aromatic N) is 2. The Kier molecular flexibility index (Phi) is 5.31. The fraction of sp³-hybridized carbons (Fsp3) is 0.353. The number of nitrogens with one attached hydrogen (secondary N) is 2. The molecule has 26 heavy (non-hydrogen) atoms. The van der Waals surface area contributed by atoms with Gasteiger partial charge in [-0.2, -0.15) is 13.2 Å². The molecule has 0 atom stereocenters. The number of rotatable bonds is 4. The maximum absolute atomic E-state index is 12.9. The Morgan fingerprint density at radius 3 is 2.58 bits per heavy atom. The van der Waals surface area contributed by atoms with Crippen molar-refractivity contribution in [3.8, 4) is 0 Å². The zero-order valence-corrected chi connectivity index (χ0v) is 14.4. The number of carbonyl (C=O) groups excluding carboxylic acids is 1. The van der Waals surface area contributed by atoms with Crippen LogP contribution in [0.5, 0.6) is 0 Å². The van der Waals surface area contributed by atoms with Gasteiger partial charge in [-0.25, -0.2) is 9.97 Å². The molecule has 1 aliphatic carbocycles. The van der Waals surface area contributed by atoms with E-state index in [1.807, 2.05) is 0 Å². The molecule has 0 spiro atoms. The fourth-order valence-corrected chi connectivity index (χ4v) is 2.98. The van der Waals surface area contributed by atoms with Crippen molar-refractivity contribution in [3.63, 3.8) is 0 Å². The van der Waals surface area contributed by atoms with Crippen LogP contribution < -0.4 is 10.6 Å². The Bertz CT molecular complexity index is 807. The molecule has 0 unspecified atom stereocenters. The zero-order valence-electron chi connectivity index (χ0n) is 13.6. The van der Waals surface area contributed by atoms with Gasteiger partial charge in [0.25, 0.3) is 5.91 Å². The van der Waals surface area contributed by atoms with Gasteiger partial charge in [0, 0.05) is 12.1 Å². The molecule has 1 aromatic heterocycles. The van der Waals surface area contributed by atoms with Crippen molar-refractivity contribution in [1.82, 2.24) is 15.3 Å². The van der Waals surface area contributed by atoms with E-state index >= 15 is 0 Å². The van der Waals surface area contributed by atoms with E-state index in [4.69, 9.17) is 11.6 Å². The highest BCUT2D eigenvalue weighted by Crippen LogP contribution is 2.34. The third-order valence-electron chi connectivity index (χ3n) is 4.15. The van der Waals surface area contributed by atoms with Crippen LogP contribution in [-0.4, -0.2) is 21.9 Å². The van der Waals surface area contributed by atoms with E-state index in [2.05, 4.69) is 20.6 Å². The summed E-state index contributed by atoms with van der Waals surface area (Å²) in [6.07, 6.45) is 0.709. The van der Waals surface area contributed by atoms with Gasteiger partial charge in [0.15, 0.2) is 0 Å². The van der Waals surface area contributed by atoms with Gasteiger partial charge in [0.1, 0.15) is 17.8 Å². The van der Waals surface area contributed by atoms with E-state index in [9.17, 15) is 18.0 Å². The number of halogens is 4. The van der Waals surface area contributed by atoms with Crippen LogP contribution in [0, 0.1) is 0 Å². The molecule has 3 rings (SSSR count). The number of aromatic nitrogens is 2. The lowest BCUT2D eigenvalue weighted by Gasteiger charge is -2.13. The first-order valence-electron chi connectivity index (χ1n) is 8.09. The van der Waals surface area contributed by atoms with E-state index in [1.165, 1.54) is 12.4 Å². The van der Waals surface area contributed by atoms with Crippen LogP contribution >= 0.6 is 11.6 Å². The van der Waals surface area contributed by atoms with Gasteiger partial charge in [-0.3, -0.25) is 4.79 Å². The Hall–Kier alpha value is -2.35. The van der Waals surface area contributed by atoms with Crippen molar-refractivity contribution < 1.29 is 18.0 Å². The number of anilines is 2. The molecule has 1 amide bonds. The smallest absolute Gasteiger partial charge is 0.348 e. The normalized spacial score (nSPS) is 15.1. The predicted octanol–water partition coefficient (Wildman–Crippen LogP) is 4.56. The summed E-state index contributed by atoms with van der Waals surface area (Å²) in [6, 6.07) is 4.45. The van der Waals surface area contributed by atoms with Gasteiger partial charge in [-0.05, 0) is 31.0 Å². The first-order chi connectivity index (χ1) is 12.3. The maximum Gasteiger partial charge on any atom is 0.416 e. The van der Waals surface area contributed by atoms with Gasteiger partial charge in [0.2, 0.25) is 0 Å². The standard InChI is InChI=1S/C17H16ClF3N4O/c18-12-6-5-10(17(19,20)21)7-13(12)25-15-8-14(22-9-23-15)16(26)24-11-3-1-2-4-11/h5-9,11H,1-4H2,(H,24,26)(H,22,23,25). The van der Waals surface area contributed by atoms with Crippen molar-refractivity contribution in [2.24, 2.45) is 0 Å². The van der Waals surface area contributed by atoms with Crippen molar-refractivity contribution in [3.05, 3.63) is 46.9 Å². The van der Waals surface area contributed by atoms with Crippen LogP contribution in [-0.2, 0) is 6.18 Å². The Morgan fingerprint density at radius 1 is 1.15 bits per heavy atom. The van der Waals surface area contributed by atoms with E-state index in [0.717, 1.165) is 43.9 Å². The Morgan fingerprint density at radius 2 is 1.88 bits per heavy atom. The SMILES string of the molecule is O=C(NC1CCCC1)c1cc(Nc2cc(C(F)(F)F)ccc2Cl)ncn1. The van der Waals surface area contributed by atoms with Crippen molar-refractivity contribution >= 4 is 29.0 Å². The van der Waals surface area contributed by atoms with E-state index < -0.39 is 11.7 Å². The molecule has 2 aromatic rings. The van der Waals surface area contributed by atoms with Crippen LogP contribution in [0.4, 0.5) is 24.7 Å². The summed E-state index contributed by atoms with van der Waals surface area (Å²) >= 11 is 5.96. The minimum absolute atomic E-state index is 0.0438. The third-order valence-corrected chi connectivity index (χ3v) is 4.48. The topological polar surface area (TPSA) is 66.9 Å². The Balaban J connectivity index is 1.77. The van der Waals surface area contributed by atoms with E-state index in [-0.39, 0.29) is 34.2 Å². The zero-order chi connectivity index (χ0) is 18.7. The molecule has 9 heteroatoms. The highest BCUT2D eigenvalue weighted by Gasteiger charge is 2.31. The minimum Gasteiger partial charge on any atom is -0.348 e. The molecule has 0 aliphatic heterocycles. The van der Waals surface area contributed by atoms with Crippen LogP contribution in [0.2, 0.25) is 5.02 Å². The van der Waals surface area contributed by atoms with Crippen LogP contribution in [0.25, 0.3) is 0 Å². The van der Waals surface area contributed by atoms with Crippen molar-refractivity contribution in [1.29, 1.82) is 0 Å². The molecule has 1 aromatic carbocycles. The molecule has 0 bridgehead atoms. The molecule has 1 fully saturated rings. The number of carbonyl (C=O) groups is 1. The number of hydrogen-bond acceptors (Lipinski definition) is 4. The van der Waals surface area contributed by atoms with Gasteiger partial charge >= 0.3 is 6.18 Å². The summed E-state index contributed by atoms with van der Waals surface area (Å²) in [7, 11) is 0. The van der Waals surface area contributed by atoms with E-state index in [1.54, 1.807) is 0 Å². The summed E-state index contributed by atoms with van der Waals surface area (Å²) in [5.74, 6) is -0.157. The van der Waals surface area contributed by atoms with Crippen molar-refractivity contribution in [2.45, 2.75) is 37.9 Å². The second kappa shape index (κ2) is 7.49. The average molecular weight is 385 g/mol. The van der Waals surface area contributed by atoms with Gasteiger partial charge in [0.05, 0.1) is 16.3 Å². The molecule has 1 heterocycles. The van der Waals surface area contributed by atoms with Crippen LogP contribution in [0.3, 0.4) is 0 Å². The number of amides is 1. The molecule has 2 N–H and O–H groups in total. The summed E-state index contributed by atoms with van der Waals surface area (Å²) in [6.45, 7) is 0. The van der Waals surface area contributed by atoms with E-state index in [0.29, 0.717) is 0 Å². The third kappa shape index (κ3) is 4.43. The summed E-state index contributed by atoms with van der Waals surface area (Å²) in [5.41, 5.74) is -0.655.